The Bertz CT molecular complexity index is 574. The van der Waals surface area contributed by atoms with E-state index in [-0.39, 0.29) is 18.9 Å². The number of aliphatic imine (C=N–C) groups is 1. The summed E-state index contributed by atoms with van der Waals surface area (Å²) in [4.78, 5) is 14.9. The minimum atomic E-state index is -0.461. The van der Waals surface area contributed by atoms with Gasteiger partial charge in [0.1, 0.15) is 5.69 Å². The summed E-state index contributed by atoms with van der Waals surface area (Å²) in [6, 6.07) is 7.42. The number of benzene rings is 1. The zero-order valence-corrected chi connectivity index (χ0v) is 9.05. The second kappa shape index (κ2) is 4.75. The van der Waals surface area contributed by atoms with Crippen LogP contribution in [0.15, 0.2) is 29.3 Å². The van der Waals surface area contributed by atoms with E-state index in [1.165, 1.54) is 0 Å². The molecule has 1 aromatic carbocycles. The SMILES string of the molecule is NC(=NC(=O)CCO)c1n[nH]c2ccccc12. The molecular weight excluding hydrogens is 220 g/mol. The molecular formula is C11H12N4O2. The molecule has 2 rings (SSSR count). The Balaban J connectivity index is 2.36. The van der Waals surface area contributed by atoms with Gasteiger partial charge in [0.2, 0.25) is 5.91 Å². The predicted octanol–water partition coefficient (Wildman–Crippen LogP) is 0.177. The fraction of sp³-hybridized carbons (Fsp3) is 0.182. The lowest BCUT2D eigenvalue weighted by Crippen LogP contribution is -2.17. The second-order valence-electron chi connectivity index (χ2n) is 3.48. The first kappa shape index (κ1) is 11.3. The maximum atomic E-state index is 11.2. The molecule has 0 unspecified atom stereocenters. The van der Waals surface area contributed by atoms with E-state index in [1.807, 2.05) is 24.3 Å². The van der Waals surface area contributed by atoms with Gasteiger partial charge in [0.15, 0.2) is 5.84 Å². The fourth-order valence-electron chi connectivity index (χ4n) is 1.50. The van der Waals surface area contributed by atoms with Gasteiger partial charge in [0, 0.05) is 5.39 Å². The highest BCUT2D eigenvalue weighted by Gasteiger charge is 2.10. The first-order chi connectivity index (χ1) is 8.22. The van der Waals surface area contributed by atoms with Crippen LogP contribution in [0.2, 0.25) is 0 Å². The molecule has 1 amide bonds. The molecule has 1 aromatic heterocycles. The number of nitrogens with zero attached hydrogens (tertiary/aromatic N) is 2. The van der Waals surface area contributed by atoms with Gasteiger partial charge in [-0.25, -0.2) is 0 Å². The molecule has 0 radical (unpaired) electrons. The van der Waals surface area contributed by atoms with Gasteiger partial charge in [0.05, 0.1) is 18.5 Å². The number of nitrogens with one attached hydrogen (secondary N) is 1. The van der Waals surface area contributed by atoms with Crippen LogP contribution in [0.4, 0.5) is 0 Å². The number of aromatic nitrogens is 2. The van der Waals surface area contributed by atoms with Gasteiger partial charge in [-0.15, -0.1) is 0 Å². The number of aliphatic hydroxyl groups excluding tert-OH is 1. The number of amides is 1. The van der Waals surface area contributed by atoms with Crippen molar-refractivity contribution in [2.24, 2.45) is 10.7 Å². The number of hydrogen-bond acceptors (Lipinski definition) is 3. The van der Waals surface area contributed by atoms with Gasteiger partial charge in [-0.3, -0.25) is 9.89 Å². The normalized spacial score (nSPS) is 11.9. The highest BCUT2D eigenvalue weighted by molar-refractivity contribution is 6.10. The third-order valence-corrected chi connectivity index (χ3v) is 2.28. The topological polar surface area (TPSA) is 104 Å². The molecule has 6 heteroatoms. The monoisotopic (exact) mass is 232 g/mol. The van der Waals surface area contributed by atoms with E-state index in [1.54, 1.807) is 0 Å². The molecule has 88 valence electrons. The number of amidine groups is 1. The molecule has 0 fully saturated rings. The van der Waals surface area contributed by atoms with E-state index in [9.17, 15) is 4.79 Å². The minimum absolute atomic E-state index is 0.0386. The molecule has 0 saturated heterocycles. The number of carbonyl (C=O) groups excluding carboxylic acids is 1. The van der Waals surface area contributed by atoms with Crippen molar-refractivity contribution in [3.8, 4) is 0 Å². The lowest BCUT2D eigenvalue weighted by atomic mass is 10.2. The summed E-state index contributed by atoms with van der Waals surface area (Å²) >= 11 is 0. The van der Waals surface area contributed by atoms with Crippen LogP contribution >= 0.6 is 0 Å². The summed E-state index contributed by atoms with van der Waals surface area (Å²) in [5, 5.41) is 16.2. The van der Waals surface area contributed by atoms with E-state index in [4.69, 9.17) is 10.8 Å². The Kier molecular flexibility index (Phi) is 3.15. The second-order valence-corrected chi connectivity index (χ2v) is 3.48. The Hall–Kier alpha value is -2.21. The number of rotatable bonds is 3. The van der Waals surface area contributed by atoms with Gasteiger partial charge >= 0.3 is 0 Å². The zero-order valence-electron chi connectivity index (χ0n) is 9.05. The maximum Gasteiger partial charge on any atom is 0.249 e. The molecule has 4 N–H and O–H groups in total. The largest absolute Gasteiger partial charge is 0.396 e. The highest BCUT2D eigenvalue weighted by atomic mass is 16.3. The summed E-state index contributed by atoms with van der Waals surface area (Å²) in [7, 11) is 0. The van der Waals surface area contributed by atoms with Gasteiger partial charge in [-0.1, -0.05) is 18.2 Å². The van der Waals surface area contributed by atoms with Crippen LogP contribution in [0.25, 0.3) is 10.9 Å². The first-order valence-electron chi connectivity index (χ1n) is 5.13. The molecule has 0 aliphatic carbocycles. The van der Waals surface area contributed by atoms with Crippen molar-refractivity contribution in [1.82, 2.24) is 10.2 Å². The van der Waals surface area contributed by atoms with E-state index in [0.717, 1.165) is 10.9 Å². The molecule has 17 heavy (non-hydrogen) atoms. The van der Waals surface area contributed by atoms with E-state index in [2.05, 4.69) is 15.2 Å². The van der Waals surface area contributed by atoms with Crippen molar-refractivity contribution in [3.63, 3.8) is 0 Å². The maximum absolute atomic E-state index is 11.2. The molecule has 0 saturated carbocycles. The van der Waals surface area contributed by atoms with Crippen molar-refractivity contribution in [2.45, 2.75) is 6.42 Å². The third kappa shape index (κ3) is 2.31. The molecule has 2 aromatic rings. The Morgan fingerprint density at radius 1 is 1.47 bits per heavy atom. The molecule has 0 atom stereocenters. The summed E-state index contributed by atoms with van der Waals surface area (Å²) < 4.78 is 0. The van der Waals surface area contributed by atoms with Gasteiger partial charge in [-0.2, -0.15) is 10.1 Å². The van der Waals surface area contributed by atoms with Crippen molar-refractivity contribution >= 4 is 22.6 Å². The minimum Gasteiger partial charge on any atom is -0.396 e. The summed E-state index contributed by atoms with van der Waals surface area (Å²) in [6.45, 7) is -0.239. The fourth-order valence-corrected chi connectivity index (χ4v) is 1.50. The number of aliphatic hydroxyl groups is 1. The summed E-state index contributed by atoms with van der Waals surface area (Å²) in [5.74, 6) is -0.405. The van der Waals surface area contributed by atoms with E-state index in [0.29, 0.717) is 5.69 Å². The number of H-pyrrole nitrogens is 1. The highest BCUT2D eigenvalue weighted by Crippen LogP contribution is 2.14. The Labute approximate surface area is 97.2 Å². The Morgan fingerprint density at radius 3 is 3.00 bits per heavy atom. The van der Waals surface area contributed by atoms with Crippen LogP contribution in [0.3, 0.4) is 0 Å². The van der Waals surface area contributed by atoms with Crippen LogP contribution in [0, 0.1) is 0 Å². The average molecular weight is 232 g/mol. The van der Waals surface area contributed by atoms with Crippen molar-refractivity contribution in [1.29, 1.82) is 0 Å². The van der Waals surface area contributed by atoms with E-state index < -0.39 is 5.91 Å². The number of para-hydroxylation sites is 1. The summed E-state index contributed by atoms with van der Waals surface area (Å²) in [5.41, 5.74) is 6.98. The van der Waals surface area contributed by atoms with Crippen molar-refractivity contribution < 1.29 is 9.90 Å². The molecule has 1 heterocycles. The number of hydrogen-bond donors (Lipinski definition) is 3. The van der Waals surface area contributed by atoms with E-state index >= 15 is 0 Å². The Morgan fingerprint density at radius 2 is 2.24 bits per heavy atom. The number of aromatic amines is 1. The third-order valence-electron chi connectivity index (χ3n) is 2.28. The molecule has 6 nitrogen and oxygen atoms in total. The van der Waals surface area contributed by atoms with Crippen LogP contribution in [-0.4, -0.2) is 33.7 Å². The molecule has 0 bridgehead atoms. The van der Waals surface area contributed by atoms with Crippen LogP contribution < -0.4 is 5.73 Å². The van der Waals surface area contributed by atoms with Crippen molar-refractivity contribution in [2.75, 3.05) is 6.61 Å². The zero-order chi connectivity index (χ0) is 12.3. The smallest absolute Gasteiger partial charge is 0.249 e. The molecule has 0 aliphatic rings. The number of fused-ring (bicyclic) bond motifs is 1. The number of carbonyl (C=O) groups is 1. The quantitative estimate of drug-likeness (QED) is 0.518. The summed E-state index contributed by atoms with van der Waals surface area (Å²) in [6.07, 6.45) is -0.0386. The standard InChI is InChI=1S/C11H12N4O2/c12-11(13-9(17)5-6-16)10-7-3-1-2-4-8(7)14-15-10/h1-4,16H,5-6H2,(H,14,15)(H2,12,13,17). The first-order valence-corrected chi connectivity index (χ1v) is 5.13. The average Bonchev–Trinajstić information content (AvgIpc) is 2.72. The molecule has 0 aliphatic heterocycles. The lowest BCUT2D eigenvalue weighted by Gasteiger charge is -1.96. The van der Waals surface area contributed by atoms with Gasteiger partial charge in [-0.05, 0) is 6.07 Å². The lowest BCUT2D eigenvalue weighted by molar-refractivity contribution is -0.118. The van der Waals surface area contributed by atoms with Crippen LogP contribution in [0.5, 0.6) is 0 Å². The molecule has 0 spiro atoms. The van der Waals surface area contributed by atoms with Crippen LogP contribution in [-0.2, 0) is 4.79 Å². The van der Waals surface area contributed by atoms with Gasteiger partial charge in [0.25, 0.3) is 0 Å². The van der Waals surface area contributed by atoms with Crippen molar-refractivity contribution in [3.05, 3.63) is 30.0 Å². The van der Waals surface area contributed by atoms with Crippen LogP contribution in [0.1, 0.15) is 12.1 Å². The number of nitrogens with two attached hydrogens (primary N) is 1. The predicted molar refractivity (Wildman–Crippen MR) is 63.5 cm³/mol. The van der Waals surface area contributed by atoms with Gasteiger partial charge < -0.3 is 10.8 Å².